The molecule has 0 N–H and O–H groups in total. The first-order valence-corrected chi connectivity index (χ1v) is 4.11. The lowest BCUT2D eigenvalue weighted by atomic mass is 9.91. The van der Waals surface area contributed by atoms with E-state index in [-0.39, 0.29) is 0 Å². The Morgan fingerprint density at radius 1 is 1.14 bits per heavy atom. The summed E-state index contributed by atoms with van der Waals surface area (Å²) in [7, 11) is 0. The van der Waals surface area contributed by atoms with E-state index >= 15 is 0 Å². The molecule has 14 heavy (non-hydrogen) atoms. The van der Waals surface area contributed by atoms with E-state index in [9.17, 15) is 13.2 Å². The molecule has 0 atom stereocenters. The average Bonchev–Trinajstić information content (AvgIpc) is 2.01. The van der Waals surface area contributed by atoms with E-state index in [1.807, 2.05) is 0 Å². The van der Waals surface area contributed by atoms with Crippen molar-refractivity contribution in [3.8, 4) is 0 Å². The summed E-state index contributed by atoms with van der Waals surface area (Å²) in [6.45, 7) is 5.37. The summed E-state index contributed by atoms with van der Waals surface area (Å²) < 4.78 is 36.9. The van der Waals surface area contributed by atoms with Crippen LogP contribution in [0.5, 0.6) is 0 Å². The molecule has 0 amide bonds. The van der Waals surface area contributed by atoms with Crippen molar-refractivity contribution >= 4 is 0 Å². The molecule has 0 aliphatic carbocycles. The molecule has 0 unspecified atom stereocenters. The first-order valence-electron chi connectivity index (χ1n) is 4.11. The summed E-state index contributed by atoms with van der Waals surface area (Å²) in [6, 6.07) is 1.03. The van der Waals surface area contributed by atoms with E-state index in [1.165, 1.54) is 0 Å². The number of aromatic nitrogens is 2. The smallest absolute Gasteiger partial charge is 0.166 e. The lowest BCUT2D eigenvalue weighted by Gasteiger charge is -2.17. The molecule has 1 aromatic rings. The highest BCUT2D eigenvalue weighted by Gasteiger charge is 2.32. The van der Waals surface area contributed by atoms with Gasteiger partial charge in [0.1, 0.15) is 0 Å². The molecule has 1 aromatic heterocycles. The molecule has 0 spiro atoms. The highest BCUT2D eigenvalue weighted by atomic mass is 19.4. The minimum Gasteiger partial charge on any atom is -0.166 e. The highest BCUT2D eigenvalue weighted by molar-refractivity contribution is 5.20. The van der Waals surface area contributed by atoms with Crippen LogP contribution in [0.4, 0.5) is 13.2 Å². The van der Waals surface area contributed by atoms with Crippen LogP contribution in [0.2, 0.25) is 0 Å². The van der Waals surface area contributed by atoms with Crippen molar-refractivity contribution in [2.24, 2.45) is 0 Å². The molecule has 1 heterocycles. The van der Waals surface area contributed by atoms with Gasteiger partial charge in [0.25, 0.3) is 0 Å². The number of halogens is 3. The Morgan fingerprint density at radius 3 is 2.14 bits per heavy atom. The second-order valence-electron chi connectivity index (χ2n) is 4.08. The van der Waals surface area contributed by atoms with E-state index < -0.39 is 17.2 Å². The molecule has 5 heteroatoms. The molecular weight excluding hydrogens is 193 g/mol. The van der Waals surface area contributed by atoms with Gasteiger partial charge in [-0.15, -0.1) is 0 Å². The maximum Gasteiger partial charge on any atom is 0.418 e. The van der Waals surface area contributed by atoms with Gasteiger partial charge in [0, 0.05) is 5.41 Å². The van der Waals surface area contributed by atoms with Gasteiger partial charge in [-0.05, 0) is 6.07 Å². The molecule has 0 bridgehead atoms. The molecule has 0 saturated carbocycles. The molecule has 2 nitrogen and oxygen atoms in total. The van der Waals surface area contributed by atoms with E-state index in [4.69, 9.17) is 0 Å². The minimum atomic E-state index is -4.35. The quantitative estimate of drug-likeness (QED) is 0.649. The number of hydrogen-bond donors (Lipinski definition) is 0. The van der Waals surface area contributed by atoms with Crippen LogP contribution in [0.25, 0.3) is 0 Å². The van der Waals surface area contributed by atoms with Crippen molar-refractivity contribution < 1.29 is 13.2 Å². The first-order chi connectivity index (χ1) is 6.21. The second kappa shape index (κ2) is 3.22. The predicted molar refractivity (Wildman–Crippen MR) is 45.7 cm³/mol. The second-order valence-corrected chi connectivity index (χ2v) is 4.08. The largest absolute Gasteiger partial charge is 0.418 e. The lowest BCUT2D eigenvalue weighted by Crippen LogP contribution is -2.17. The summed E-state index contributed by atoms with van der Waals surface area (Å²) in [5.74, 6) is 0. The van der Waals surface area contributed by atoms with Gasteiger partial charge in [-0.2, -0.15) is 23.4 Å². The van der Waals surface area contributed by atoms with Crippen LogP contribution >= 0.6 is 0 Å². The SMILES string of the molecule is CC(C)(C)c1cc(C(F)(F)F)cnn1. The average molecular weight is 204 g/mol. The van der Waals surface area contributed by atoms with Crippen molar-refractivity contribution in [1.82, 2.24) is 10.2 Å². The van der Waals surface area contributed by atoms with Gasteiger partial charge in [-0.1, -0.05) is 20.8 Å². The Hall–Kier alpha value is -1.13. The van der Waals surface area contributed by atoms with Crippen LogP contribution in [-0.2, 0) is 11.6 Å². The molecule has 0 radical (unpaired) electrons. The van der Waals surface area contributed by atoms with Gasteiger partial charge >= 0.3 is 6.18 Å². The third-order valence-electron chi connectivity index (χ3n) is 1.75. The fourth-order valence-electron chi connectivity index (χ4n) is 0.888. The maximum atomic E-state index is 12.3. The Labute approximate surface area is 80.2 Å². The van der Waals surface area contributed by atoms with Crippen molar-refractivity contribution in [3.05, 3.63) is 23.5 Å². The standard InChI is InChI=1S/C9H11F3N2/c1-8(2,3)7-4-6(5-13-14-7)9(10,11)12/h4-5H,1-3H3. The van der Waals surface area contributed by atoms with E-state index in [1.54, 1.807) is 20.8 Å². The number of nitrogens with zero attached hydrogens (tertiary/aromatic N) is 2. The summed E-state index contributed by atoms with van der Waals surface area (Å²) in [4.78, 5) is 0. The van der Waals surface area contributed by atoms with Crippen LogP contribution < -0.4 is 0 Å². The van der Waals surface area contributed by atoms with Gasteiger partial charge in [0.05, 0.1) is 17.5 Å². The van der Waals surface area contributed by atoms with Gasteiger partial charge in [-0.25, -0.2) is 0 Å². The monoisotopic (exact) mass is 204 g/mol. The van der Waals surface area contributed by atoms with Crippen molar-refractivity contribution in [2.45, 2.75) is 32.4 Å². The highest BCUT2D eigenvalue weighted by Crippen LogP contribution is 2.30. The van der Waals surface area contributed by atoms with Gasteiger partial charge < -0.3 is 0 Å². The number of alkyl halides is 3. The molecule has 0 saturated heterocycles. The third kappa shape index (κ3) is 2.43. The van der Waals surface area contributed by atoms with Crippen LogP contribution in [0, 0.1) is 0 Å². The Bertz CT molecular complexity index is 296. The van der Waals surface area contributed by atoms with Gasteiger partial charge in [0.15, 0.2) is 0 Å². The first kappa shape index (κ1) is 10.9. The lowest BCUT2D eigenvalue weighted by molar-refractivity contribution is -0.138. The Balaban J connectivity index is 3.15. The van der Waals surface area contributed by atoms with E-state index in [0.717, 1.165) is 12.3 Å². The third-order valence-corrected chi connectivity index (χ3v) is 1.75. The van der Waals surface area contributed by atoms with Crippen molar-refractivity contribution in [3.63, 3.8) is 0 Å². The summed E-state index contributed by atoms with van der Waals surface area (Å²) in [5.41, 5.74) is -0.835. The maximum absolute atomic E-state index is 12.3. The van der Waals surface area contributed by atoms with E-state index in [2.05, 4.69) is 10.2 Å². The van der Waals surface area contributed by atoms with Crippen molar-refractivity contribution in [2.75, 3.05) is 0 Å². The van der Waals surface area contributed by atoms with Crippen LogP contribution in [-0.4, -0.2) is 10.2 Å². The zero-order valence-corrected chi connectivity index (χ0v) is 8.18. The molecule has 78 valence electrons. The molecule has 0 fully saturated rings. The minimum absolute atomic E-state index is 0.340. The molecular formula is C9H11F3N2. The van der Waals surface area contributed by atoms with Crippen LogP contribution in [0.15, 0.2) is 12.3 Å². The van der Waals surface area contributed by atoms with Crippen molar-refractivity contribution in [1.29, 1.82) is 0 Å². The molecule has 1 rings (SSSR count). The predicted octanol–water partition coefficient (Wildman–Crippen LogP) is 2.79. The van der Waals surface area contributed by atoms with Gasteiger partial charge in [0.2, 0.25) is 0 Å². The molecule has 0 aliphatic heterocycles. The van der Waals surface area contributed by atoms with Crippen LogP contribution in [0.1, 0.15) is 32.0 Å². The van der Waals surface area contributed by atoms with Gasteiger partial charge in [-0.3, -0.25) is 0 Å². The normalized spacial score (nSPS) is 13.0. The number of hydrogen-bond acceptors (Lipinski definition) is 2. The molecule has 0 aliphatic rings. The summed E-state index contributed by atoms with van der Waals surface area (Å²) in [6.07, 6.45) is -3.62. The fraction of sp³-hybridized carbons (Fsp3) is 0.556. The molecule has 0 aromatic carbocycles. The summed E-state index contributed by atoms with van der Waals surface area (Å²) >= 11 is 0. The topological polar surface area (TPSA) is 25.8 Å². The number of rotatable bonds is 0. The summed E-state index contributed by atoms with van der Waals surface area (Å²) in [5, 5.41) is 7.02. The van der Waals surface area contributed by atoms with E-state index in [0.29, 0.717) is 5.69 Å². The van der Waals surface area contributed by atoms with Crippen LogP contribution in [0.3, 0.4) is 0 Å². The zero-order chi connectivity index (χ0) is 11.0. The fourth-order valence-corrected chi connectivity index (χ4v) is 0.888. The Kier molecular flexibility index (Phi) is 2.52. The Morgan fingerprint density at radius 2 is 1.71 bits per heavy atom. The zero-order valence-electron chi connectivity index (χ0n) is 8.18.